The molecule has 1 atom stereocenters. The van der Waals surface area contributed by atoms with Gasteiger partial charge in [-0.25, -0.2) is 0 Å². The van der Waals surface area contributed by atoms with Crippen molar-refractivity contribution < 1.29 is 14.7 Å². The Hall–Kier alpha value is -3.23. The largest absolute Gasteiger partial charge is 0.480 e. The normalized spacial score (nSPS) is 16.2. The number of carbonyl (C=O) groups is 2. The standard InChI is InChI=1S/C25H31N5O3/c1-17(2)24(31)28-19-3-4-22-20(15-19)21(16-27-22)23(25(32)33)30-13-11-29(12-14-30)10-7-18-5-8-26-9-6-18/h3-6,8-9,15-17,23,27H,7,10-14H2,1-2H3,(H,28,31)(H,32,33). The molecule has 1 saturated heterocycles. The molecule has 1 aliphatic rings. The number of amides is 1. The van der Waals surface area contributed by atoms with Crippen LogP contribution < -0.4 is 5.32 Å². The van der Waals surface area contributed by atoms with Crippen LogP contribution in [-0.2, 0) is 16.0 Å². The highest BCUT2D eigenvalue weighted by Gasteiger charge is 2.32. The van der Waals surface area contributed by atoms with Crippen LogP contribution in [0.25, 0.3) is 10.9 Å². The first-order valence-electron chi connectivity index (χ1n) is 11.4. The first kappa shape index (κ1) is 22.9. The van der Waals surface area contributed by atoms with E-state index in [1.807, 2.05) is 61.5 Å². The van der Waals surface area contributed by atoms with Gasteiger partial charge in [-0.2, -0.15) is 0 Å². The predicted molar refractivity (Wildman–Crippen MR) is 128 cm³/mol. The second kappa shape index (κ2) is 10.1. The molecular weight excluding hydrogens is 418 g/mol. The maximum absolute atomic E-state index is 12.3. The van der Waals surface area contributed by atoms with Crippen molar-refractivity contribution in [2.75, 3.05) is 38.0 Å². The fraction of sp³-hybridized carbons (Fsp3) is 0.400. The second-order valence-corrected chi connectivity index (χ2v) is 8.87. The van der Waals surface area contributed by atoms with Gasteiger partial charge in [0.2, 0.25) is 5.91 Å². The van der Waals surface area contributed by atoms with Crippen molar-refractivity contribution in [3.8, 4) is 0 Å². The molecule has 8 nitrogen and oxygen atoms in total. The zero-order chi connectivity index (χ0) is 23.4. The van der Waals surface area contributed by atoms with Crippen molar-refractivity contribution in [1.29, 1.82) is 0 Å². The molecule has 0 saturated carbocycles. The number of anilines is 1. The molecule has 3 heterocycles. The summed E-state index contributed by atoms with van der Waals surface area (Å²) in [6.45, 7) is 7.65. The lowest BCUT2D eigenvalue weighted by atomic mass is 10.0. The van der Waals surface area contributed by atoms with E-state index < -0.39 is 12.0 Å². The van der Waals surface area contributed by atoms with E-state index in [2.05, 4.69) is 20.2 Å². The zero-order valence-electron chi connectivity index (χ0n) is 19.1. The topological polar surface area (TPSA) is 102 Å². The van der Waals surface area contributed by atoms with E-state index in [0.29, 0.717) is 18.8 Å². The van der Waals surface area contributed by atoms with Crippen molar-refractivity contribution in [3.63, 3.8) is 0 Å². The lowest BCUT2D eigenvalue weighted by molar-refractivity contribution is -0.144. The molecule has 0 radical (unpaired) electrons. The van der Waals surface area contributed by atoms with Crippen LogP contribution in [0.1, 0.15) is 31.0 Å². The van der Waals surface area contributed by atoms with Gasteiger partial charge in [0, 0.05) is 79.4 Å². The lowest BCUT2D eigenvalue weighted by Crippen LogP contribution is -2.49. The van der Waals surface area contributed by atoms with Gasteiger partial charge in [0.1, 0.15) is 6.04 Å². The number of carboxylic acids is 1. The minimum atomic E-state index is -0.863. The number of nitrogens with zero attached hydrogens (tertiary/aromatic N) is 3. The van der Waals surface area contributed by atoms with E-state index in [0.717, 1.165) is 42.5 Å². The molecule has 1 fully saturated rings. The molecule has 2 aromatic heterocycles. The maximum Gasteiger partial charge on any atom is 0.325 e. The van der Waals surface area contributed by atoms with Crippen LogP contribution in [0, 0.1) is 5.92 Å². The molecule has 4 rings (SSSR count). The van der Waals surface area contributed by atoms with Crippen LogP contribution in [0.15, 0.2) is 48.9 Å². The van der Waals surface area contributed by atoms with Gasteiger partial charge in [0.15, 0.2) is 0 Å². The van der Waals surface area contributed by atoms with Gasteiger partial charge in [-0.1, -0.05) is 13.8 Å². The number of nitrogens with one attached hydrogen (secondary N) is 2. The van der Waals surface area contributed by atoms with Gasteiger partial charge < -0.3 is 20.3 Å². The van der Waals surface area contributed by atoms with Crippen molar-refractivity contribution in [3.05, 3.63) is 60.0 Å². The molecule has 33 heavy (non-hydrogen) atoms. The molecular formula is C25H31N5O3. The predicted octanol–water partition coefficient (Wildman–Crippen LogP) is 3.14. The molecule has 174 valence electrons. The van der Waals surface area contributed by atoms with Crippen LogP contribution in [0.5, 0.6) is 0 Å². The fourth-order valence-electron chi connectivity index (χ4n) is 4.30. The Bertz CT molecular complexity index is 1100. The van der Waals surface area contributed by atoms with E-state index in [1.165, 1.54) is 5.56 Å². The van der Waals surface area contributed by atoms with E-state index in [-0.39, 0.29) is 11.8 Å². The summed E-state index contributed by atoms with van der Waals surface area (Å²) in [5.74, 6) is -1.06. The third-order valence-electron chi connectivity index (χ3n) is 6.27. The lowest BCUT2D eigenvalue weighted by Gasteiger charge is -2.37. The summed E-state index contributed by atoms with van der Waals surface area (Å²) in [6.07, 6.45) is 6.36. The first-order valence-corrected chi connectivity index (χ1v) is 11.4. The number of aromatic nitrogens is 2. The van der Waals surface area contributed by atoms with Gasteiger partial charge in [-0.05, 0) is 42.3 Å². The Balaban J connectivity index is 1.46. The second-order valence-electron chi connectivity index (χ2n) is 8.87. The highest BCUT2D eigenvalue weighted by Crippen LogP contribution is 2.31. The summed E-state index contributed by atoms with van der Waals surface area (Å²) in [5, 5.41) is 13.8. The zero-order valence-corrected chi connectivity index (χ0v) is 19.1. The number of rotatable bonds is 8. The number of piperazine rings is 1. The number of hydrogen-bond donors (Lipinski definition) is 3. The van der Waals surface area contributed by atoms with E-state index >= 15 is 0 Å². The quantitative estimate of drug-likeness (QED) is 0.488. The summed E-state index contributed by atoms with van der Waals surface area (Å²) in [5.41, 5.74) is 3.51. The highest BCUT2D eigenvalue weighted by molar-refractivity contribution is 5.96. The molecule has 3 aromatic rings. The number of aromatic amines is 1. The van der Waals surface area contributed by atoms with E-state index in [1.54, 1.807) is 6.20 Å². The van der Waals surface area contributed by atoms with E-state index in [4.69, 9.17) is 0 Å². The number of fused-ring (bicyclic) bond motifs is 1. The summed E-state index contributed by atoms with van der Waals surface area (Å²) < 4.78 is 0. The molecule has 1 aromatic carbocycles. The first-order chi connectivity index (χ1) is 15.9. The Labute approximate surface area is 193 Å². The highest BCUT2D eigenvalue weighted by atomic mass is 16.4. The monoisotopic (exact) mass is 449 g/mol. The number of carbonyl (C=O) groups excluding carboxylic acids is 1. The third kappa shape index (κ3) is 5.40. The van der Waals surface area contributed by atoms with Gasteiger partial charge in [0.25, 0.3) is 0 Å². The number of aliphatic carboxylic acids is 1. The van der Waals surface area contributed by atoms with Gasteiger partial charge >= 0.3 is 5.97 Å². The third-order valence-corrected chi connectivity index (χ3v) is 6.27. The molecule has 0 aliphatic carbocycles. The molecule has 1 aliphatic heterocycles. The molecule has 0 bridgehead atoms. The van der Waals surface area contributed by atoms with Crippen LogP contribution in [0.3, 0.4) is 0 Å². The van der Waals surface area contributed by atoms with Crippen molar-refractivity contribution >= 4 is 28.5 Å². The maximum atomic E-state index is 12.3. The summed E-state index contributed by atoms with van der Waals surface area (Å²) in [4.78, 5) is 36.1. The average Bonchev–Trinajstić information content (AvgIpc) is 3.22. The number of pyridine rings is 1. The smallest absolute Gasteiger partial charge is 0.325 e. The minimum absolute atomic E-state index is 0.0656. The van der Waals surface area contributed by atoms with Crippen LogP contribution in [0.2, 0.25) is 0 Å². The molecule has 1 amide bonds. The number of hydrogen-bond acceptors (Lipinski definition) is 5. The molecule has 0 spiro atoms. The van der Waals surface area contributed by atoms with Gasteiger partial charge in [0.05, 0.1) is 0 Å². The molecule has 1 unspecified atom stereocenters. The Morgan fingerprint density at radius 2 is 1.85 bits per heavy atom. The van der Waals surface area contributed by atoms with Crippen molar-refractivity contribution in [2.24, 2.45) is 5.92 Å². The fourth-order valence-corrected chi connectivity index (χ4v) is 4.30. The van der Waals surface area contributed by atoms with Crippen LogP contribution in [-0.4, -0.2) is 69.5 Å². The number of carboxylic acid groups (broad SMARTS) is 1. The van der Waals surface area contributed by atoms with Crippen molar-refractivity contribution in [2.45, 2.75) is 26.3 Å². The molecule has 3 N–H and O–H groups in total. The average molecular weight is 450 g/mol. The number of H-pyrrole nitrogens is 1. The van der Waals surface area contributed by atoms with Crippen molar-refractivity contribution in [1.82, 2.24) is 19.8 Å². The SMILES string of the molecule is CC(C)C(=O)Nc1ccc2[nH]cc(C(C(=O)O)N3CCN(CCc4ccncc4)CC3)c2c1. The number of benzene rings is 1. The molecule has 8 heteroatoms. The Kier molecular flexibility index (Phi) is 7.05. The van der Waals surface area contributed by atoms with Gasteiger partial charge in [-0.3, -0.25) is 19.5 Å². The summed E-state index contributed by atoms with van der Waals surface area (Å²) in [7, 11) is 0. The minimum Gasteiger partial charge on any atom is -0.480 e. The van der Waals surface area contributed by atoms with Crippen LogP contribution in [0.4, 0.5) is 5.69 Å². The van der Waals surface area contributed by atoms with E-state index in [9.17, 15) is 14.7 Å². The summed E-state index contributed by atoms with van der Waals surface area (Å²) in [6, 6.07) is 8.90. The van der Waals surface area contributed by atoms with Gasteiger partial charge in [-0.15, -0.1) is 0 Å². The Morgan fingerprint density at radius 3 is 2.52 bits per heavy atom. The Morgan fingerprint density at radius 1 is 1.12 bits per heavy atom. The van der Waals surface area contributed by atoms with Crippen LogP contribution >= 0.6 is 0 Å². The summed E-state index contributed by atoms with van der Waals surface area (Å²) >= 11 is 0.